The van der Waals surface area contributed by atoms with Gasteiger partial charge >= 0.3 is 0 Å². The molecule has 0 aliphatic heterocycles. The second-order valence-corrected chi connectivity index (χ2v) is 6.18. The molecule has 2 aromatic carbocycles. The molecule has 5 nitrogen and oxygen atoms in total. The minimum atomic E-state index is -0.422. The maximum Gasteiger partial charge on any atom is 0.232 e. The van der Waals surface area contributed by atoms with Gasteiger partial charge in [-0.3, -0.25) is 4.79 Å². The van der Waals surface area contributed by atoms with Crippen molar-refractivity contribution in [3.05, 3.63) is 47.8 Å². The van der Waals surface area contributed by atoms with E-state index in [1.807, 2.05) is 13.8 Å². The molecule has 1 N–H and O–H groups in total. The monoisotopic (exact) mass is 361 g/mol. The van der Waals surface area contributed by atoms with Crippen molar-refractivity contribution < 1.29 is 23.4 Å². The number of carbonyl (C=O) groups excluding carboxylic acids is 1. The van der Waals surface area contributed by atoms with E-state index in [1.54, 1.807) is 24.3 Å². The molecule has 140 valence electrons. The molecule has 0 aliphatic carbocycles. The lowest BCUT2D eigenvalue weighted by atomic mass is 9.87. The van der Waals surface area contributed by atoms with E-state index in [0.29, 0.717) is 22.9 Å². The highest BCUT2D eigenvalue weighted by Gasteiger charge is 2.25. The average molecular weight is 361 g/mol. The van der Waals surface area contributed by atoms with E-state index in [1.165, 1.54) is 33.5 Å². The van der Waals surface area contributed by atoms with Gasteiger partial charge in [0.1, 0.15) is 5.82 Å². The number of carbonyl (C=O) groups is 1. The fourth-order valence-corrected chi connectivity index (χ4v) is 2.88. The number of ether oxygens (including phenoxy) is 3. The predicted molar refractivity (Wildman–Crippen MR) is 98.7 cm³/mol. The third-order valence-electron chi connectivity index (χ3n) is 4.11. The maximum absolute atomic E-state index is 13.2. The van der Waals surface area contributed by atoms with Crippen molar-refractivity contribution in [1.29, 1.82) is 0 Å². The first-order valence-corrected chi connectivity index (χ1v) is 8.27. The van der Waals surface area contributed by atoms with Crippen LogP contribution in [0.2, 0.25) is 0 Å². The normalized spacial score (nSPS) is 11.8. The van der Waals surface area contributed by atoms with Gasteiger partial charge in [-0.25, -0.2) is 4.39 Å². The lowest BCUT2D eigenvalue weighted by Gasteiger charge is -2.21. The molecule has 0 aromatic heterocycles. The van der Waals surface area contributed by atoms with Crippen LogP contribution in [-0.4, -0.2) is 27.2 Å². The van der Waals surface area contributed by atoms with Crippen LogP contribution in [-0.2, 0) is 4.79 Å². The highest BCUT2D eigenvalue weighted by atomic mass is 19.1. The quantitative estimate of drug-likeness (QED) is 0.802. The van der Waals surface area contributed by atoms with Gasteiger partial charge in [0.15, 0.2) is 11.5 Å². The summed E-state index contributed by atoms with van der Waals surface area (Å²) in [4.78, 5) is 12.9. The smallest absolute Gasteiger partial charge is 0.232 e. The van der Waals surface area contributed by atoms with Crippen molar-refractivity contribution in [3.8, 4) is 17.2 Å². The minimum absolute atomic E-state index is 0.0301. The number of nitrogens with one attached hydrogen (secondary N) is 1. The van der Waals surface area contributed by atoms with Crippen LogP contribution in [0.15, 0.2) is 36.4 Å². The molecule has 0 heterocycles. The Morgan fingerprint density at radius 2 is 1.50 bits per heavy atom. The summed E-state index contributed by atoms with van der Waals surface area (Å²) in [6.45, 7) is 3.89. The summed E-state index contributed by atoms with van der Waals surface area (Å²) in [5, 5.41) is 2.89. The SMILES string of the molecule is COc1cc(NC(=O)C(c2ccc(F)cc2)C(C)C)cc(OC)c1OC. The number of halogens is 1. The van der Waals surface area contributed by atoms with Gasteiger partial charge in [-0.2, -0.15) is 0 Å². The number of methoxy groups -OCH3 is 3. The van der Waals surface area contributed by atoms with Crippen molar-refractivity contribution in [3.63, 3.8) is 0 Å². The molecule has 2 aromatic rings. The van der Waals surface area contributed by atoms with E-state index in [-0.39, 0.29) is 17.6 Å². The van der Waals surface area contributed by atoms with Gasteiger partial charge < -0.3 is 19.5 Å². The predicted octanol–water partition coefficient (Wildman–Crippen LogP) is 4.23. The first-order chi connectivity index (χ1) is 12.4. The van der Waals surface area contributed by atoms with Gasteiger partial charge in [-0.05, 0) is 23.6 Å². The summed E-state index contributed by atoms with van der Waals surface area (Å²) in [6, 6.07) is 9.32. The molecule has 0 bridgehead atoms. The molecule has 1 atom stereocenters. The Labute approximate surface area is 153 Å². The van der Waals surface area contributed by atoms with Gasteiger partial charge in [-0.15, -0.1) is 0 Å². The van der Waals surface area contributed by atoms with Crippen molar-refractivity contribution in [2.75, 3.05) is 26.6 Å². The van der Waals surface area contributed by atoms with Gasteiger partial charge in [0, 0.05) is 17.8 Å². The minimum Gasteiger partial charge on any atom is -0.493 e. The number of rotatable bonds is 7. The molecular formula is C20H24FNO4. The fraction of sp³-hybridized carbons (Fsp3) is 0.350. The zero-order valence-electron chi connectivity index (χ0n) is 15.6. The van der Waals surface area contributed by atoms with Gasteiger partial charge in [-0.1, -0.05) is 26.0 Å². The number of hydrogen-bond acceptors (Lipinski definition) is 4. The molecule has 0 saturated carbocycles. The Kier molecular flexibility index (Phi) is 6.44. The first-order valence-electron chi connectivity index (χ1n) is 8.27. The number of hydrogen-bond donors (Lipinski definition) is 1. The van der Waals surface area contributed by atoms with Crippen LogP contribution in [0.3, 0.4) is 0 Å². The zero-order valence-corrected chi connectivity index (χ0v) is 15.6. The molecule has 0 fully saturated rings. The molecule has 26 heavy (non-hydrogen) atoms. The third-order valence-corrected chi connectivity index (χ3v) is 4.11. The number of amides is 1. The molecular weight excluding hydrogens is 337 g/mol. The van der Waals surface area contributed by atoms with E-state index < -0.39 is 5.92 Å². The summed E-state index contributed by atoms with van der Waals surface area (Å²) in [5.41, 5.74) is 1.28. The fourth-order valence-electron chi connectivity index (χ4n) is 2.88. The molecule has 1 unspecified atom stereocenters. The summed E-state index contributed by atoms with van der Waals surface area (Å²) >= 11 is 0. The molecule has 0 saturated heterocycles. The zero-order chi connectivity index (χ0) is 19.3. The summed E-state index contributed by atoms with van der Waals surface area (Å²) in [6.07, 6.45) is 0. The topological polar surface area (TPSA) is 56.8 Å². The van der Waals surface area contributed by atoms with Crippen LogP contribution in [0.5, 0.6) is 17.2 Å². The highest BCUT2D eigenvalue weighted by molar-refractivity contribution is 5.96. The van der Waals surface area contributed by atoms with Crippen molar-refractivity contribution in [2.24, 2.45) is 5.92 Å². The summed E-state index contributed by atoms with van der Waals surface area (Å²) in [5.74, 6) is 0.432. The molecule has 1 amide bonds. The third kappa shape index (κ3) is 4.25. The Balaban J connectivity index is 2.33. The van der Waals surface area contributed by atoms with Crippen LogP contribution in [0.4, 0.5) is 10.1 Å². The molecule has 6 heteroatoms. The maximum atomic E-state index is 13.2. The lowest BCUT2D eigenvalue weighted by Crippen LogP contribution is -2.25. The molecule has 2 rings (SSSR count). The van der Waals surface area contributed by atoms with E-state index in [2.05, 4.69) is 5.32 Å². The Hall–Kier alpha value is -2.76. The second-order valence-electron chi connectivity index (χ2n) is 6.18. The standard InChI is InChI=1S/C20H24FNO4/c1-12(2)18(13-6-8-14(21)9-7-13)20(23)22-15-10-16(24-3)19(26-5)17(11-15)25-4/h6-12,18H,1-5H3,(H,22,23). The van der Waals surface area contributed by atoms with Crippen LogP contribution in [0, 0.1) is 11.7 Å². The largest absolute Gasteiger partial charge is 0.493 e. The Bertz CT molecular complexity index is 734. The van der Waals surface area contributed by atoms with E-state index in [9.17, 15) is 9.18 Å². The van der Waals surface area contributed by atoms with E-state index in [4.69, 9.17) is 14.2 Å². The molecule has 0 radical (unpaired) electrons. The van der Waals surface area contributed by atoms with Crippen molar-refractivity contribution in [2.45, 2.75) is 19.8 Å². The van der Waals surface area contributed by atoms with Crippen LogP contribution >= 0.6 is 0 Å². The van der Waals surface area contributed by atoms with Crippen molar-refractivity contribution in [1.82, 2.24) is 0 Å². The Morgan fingerprint density at radius 3 is 1.92 bits per heavy atom. The lowest BCUT2D eigenvalue weighted by molar-refractivity contribution is -0.118. The van der Waals surface area contributed by atoms with Gasteiger partial charge in [0.2, 0.25) is 11.7 Å². The van der Waals surface area contributed by atoms with Crippen LogP contribution in [0.1, 0.15) is 25.3 Å². The van der Waals surface area contributed by atoms with Crippen LogP contribution in [0.25, 0.3) is 0 Å². The number of benzene rings is 2. The summed E-state index contributed by atoms with van der Waals surface area (Å²) in [7, 11) is 4.54. The van der Waals surface area contributed by atoms with Crippen LogP contribution < -0.4 is 19.5 Å². The molecule has 0 spiro atoms. The second kappa shape index (κ2) is 8.56. The van der Waals surface area contributed by atoms with E-state index >= 15 is 0 Å². The Morgan fingerprint density at radius 1 is 0.962 bits per heavy atom. The van der Waals surface area contributed by atoms with Crippen molar-refractivity contribution >= 4 is 11.6 Å². The average Bonchev–Trinajstić information content (AvgIpc) is 2.62. The van der Waals surface area contributed by atoms with Gasteiger partial charge in [0.05, 0.1) is 27.2 Å². The summed E-state index contributed by atoms with van der Waals surface area (Å²) < 4.78 is 29.1. The highest BCUT2D eigenvalue weighted by Crippen LogP contribution is 2.40. The molecule has 0 aliphatic rings. The van der Waals surface area contributed by atoms with E-state index in [0.717, 1.165) is 5.56 Å². The first kappa shape index (κ1) is 19.6. The number of anilines is 1. The van der Waals surface area contributed by atoms with Gasteiger partial charge in [0.25, 0.3) is 0 Å².